The van der Waals surface area contributed by atoms with Gasteiger partial charge in [0.1, 0.15) is 0 Å². The lowest BCUT2D eigenvalue weighted by atomic mass is 9.50. The Labute approximate surface area is 69.6 Å². The lowest BCUT2D eigenvalue weighted by Crippen LogP contribution is -2.52. The van der Waals surface area contributed by atoms with Crippen molar-refractivity contribution in [2.24, 2.45) is 17.3 Å². The van der Waals surface area contributed by atoms with E-state index >= 15 is 0 Å². The molecule has 1 aliphatic heterocycles. The minimum Gasteiger partial charge on any atom is -0.317 e. The fourth-order valence-corrected chi connectivity index (χ4v) is 3.20. The van der Waals surface area contributed by atoms with E-state index in [9.17, 15) is 0 Å². The molecule has 64 valence electrons. The smallest absolute Gasteiger partial charge is 0.00434 e. The van der Waals surface area contributed by atoms with Gasteiger partial charge in [0.2, 0.25) is 0 Å². The van der Waals surface area contributed by atoms with Crippen LogP contribution in [0, 0.1) is 17.3 Å². The molecule has 2 aliphatic rings. The summed E-state index contributed by atoms with van der Waals surface area (Å²) >= 11 is 0. The summed E-state index contributed by atoms with van der Waals surface area (Å²) in [5, 5.41) is 3.45. The predicted octanol–water partition coefficient (Wildman–Crippen LogP) is 2.03. The Morgan fingerprint density at radius 3 is 2.00 bits per heavy atom. The third-order valence-electron chi connectivity index (χ3n) is 4.20. The largest absolute Gasteiger partial charge is 0.317 e. The number of hydrogen-bond acceptors (Lipinski definition) is 1. The van der Waals surface area contributed by atoms with Crippen LogP contribution in [0.25, 0.3) is 0 Å². The van der Waals surface area contributed by atoms with Gasteiger partial charge in [0.05, 0.1) is 0 Å². The molecule has 0 amide bonds. The van der Waals surface area contributed by atoms with Gasteiger partial charge < -0.3 is 5.32 Å². The zero-order chi connectivity index (χ0) is 7.90. The quantitative estimate of drug-likeness (QED) is 0.561. The Kier molecular flexibility index (Phi) is 1.71. The van der Waals surface area contributed by atoms with Crippen LogP contribution in [-0.4, -0.2) is 13.1 Å². The van der Waals surface area contributed by atoms with E-state index in [1.165, 1.54) is 32.4 Å². The first-order valence-corrected chi connectivity index (χ1v) is 4.96. The molecule has 2 atom stereocenters. The number of piperidine rings is 1. The van der Waals surface area contributed by atoms with Crippen molar-refractivity contribution in [1.29, 1.82) is 0 Å². The Bertz CT molecular complexity index is 137. The summed E-state index contributed by atoms with van der Waals surface area (Å²) in [4.78, 5) is 0. The van der Waals surface area contributed by atoms with Gasteiger partial charge in [-0.2, -0.15) is 0 Å². The minimum atomic E-state index is 0.755. The van der Waals surface area contributed by atoms with Gasteiger partial charge in [-0.1, -0.05) is 13.8 Å². The van der Waals surface area contributed by atoms with Crippen LogP contribution in [0.15, 0.2) is 0 Å². The van der Waals surface area contributed by atoms with Crippen molar-refractivity contribution in [2.75, 3.05) is 13.1 Å². The maximum absolute atomic E-state index is 3.45. The highest BCUT2D eigenvalue weighted by atomic mass is 14.9. The maximum atomic E-state index is 3.45. The second-order valence-electron chi connectivity index (χ2n) is 4.52. The molecule has 1 spiro atoms. The Morgan fingerprint density at radius 2 is 1.64 bits per heavy atom. The van der Waals surface area contributed by atoms with Crippen LogP contribution in [0.3, 0.4) is 0 Å². The van der Waals surface area contributed by atoms with Crippen molar-refractivity contribution in [3.8, 4) is 0 Å². The van der Waals surface area contributed by atoms with E-state index in [-0.39, 0.29) is 0 Å². The third-order valence-corrected chi connectivity index (χ3v) is 4.20. The number of hydrogen-bond donors (Lipinski definition) is 1. The van der Waals surface area contributed by atoms with E-state index in [1.807, 2.05) is 0 Å². The summed E-state index contributed by atoms with van der Waals surface area (Å²) in [7, 11) is 0. The molecule has 0 aromatic carbocycles. The average molecular weight is 153 g/mol. The van der Waals surface area contributed by atoms with E-state index in [0.717, 1.165) is 17.3 Å². The van der Waals surface area contributed by atoms with Crippen LogP contribution < -0.4 is 5.32 Å². The molecule has 2 rings (SSSR count). The molecule has 0 aromatic heterocycles. The van der Waals surface area contributed by atoms with Crippen LogP contribution in [0.4, 0.5) is 0 Å². The molecular formula is C10H19N. The molecule has 1 heteroatoms. The third kappa shape index (κ3) is 0.936. The van der Waals surface area contributed by atoms with Crippen LogP contribution in [0.2, 0.25) is 0 Å². The van der Waals surface area contributed by atoms with Crippen LogP contribution in [-0.2, 0) is 0 Å². The fraction of sp³-hybridized carbons (Fsp3) is 1.00. The van der Waals surface area contributed by atoms with E-state index in [4.69, 9.17) is 0 Å². The molecular weight excluding hydrogens is 134 g/mol. The first kappa shape index (κ1) is 7.60. The van der Waals surface area contributed by atoms with Gasteiger partial charge in [-0.05, 0) is 49.6 Å². The molecule has 1 heterocycles. The highest BCUT2D eigenvalue weighted by molar-refractivity contribution is 5.00. The molecule has 0 bridgehead atoms. The summed E-state index contributed by atoms with van der Waals surface area (Å²) in [5.41, 5.74) is 0.755. The SMILES string of the molecule is CC1CC(C)C12CCNCC2. The van der Waals surface area contributed by atoms with Crippen molar-refractivity contribution in [3.63, 3.8) is 0 Å². The summed E-state index contributed by atoms with van der Waals surface area (Å²) in [5.74, 6) is 2.00. The molecule has 0 radical (unpaired) electrons. The maximum Gasteiger partial charge on any atom is -0.00434 e. The Hall–Kier alpha value is -0.0400. The molecule has 0 aromatic rings. The molecule has 2 unspecified atom stereocenters. The van der Waals surface area contributed by atoms with Crippen molar-refractivity contribution in [2.45, 2.75) is 33.1 Å². The topological polar surface area (TPSA) is 12.0 Å². The molecule has 1 saturated carbocycles. The summed E-state index contributed by atoms with van der Waals surface area (Å²) in [6.07, 6.45) is 4.32. The van der Waals surface area contributed by atoms with Crippen molar-refractivity contribution in [3.05, 3.63) is 0 Å². The minimum absolute atomic E-state index is 0.755. The Balaban J connectivity index is 2.06. The highest BCUT2D eigenvalue weighted by Gasteiger charge is 2.49. The van der Waals surface area contributed by atoms with Gasteiger partial charge in [-0.15, -0.1) is 0 Å². The van der Waals surface area contributed by atoms with Crippen molar-refractivity contribution >= 4 is 0 Å². The summed E-state index contributed by atoms with van der Waals surface area (Å²) in [6.45, 7) is 7.39. The van der Waals surface area contributed by atoms with E-state index in [2.05, 4.69) is 19.2 Å². The standard InChI is InChI=1S/C10H19N/c1-8-7-9(2)10(8)3-5-11-6-4-10/h8-9,11H,3-7H2,1-2H3. The first-order chi connectivity index (χ1) is 5.26. The lowest BCUT2D eigenvalue weighted by molar-refractivity contribution is -0.0582. The van der Waals surface area contributed by atoms with Crippen LogP contribution in [0.1, 0.15) is 33.1 Å². The fourth-order valence-electron chi connectivity index (χ4n) is 3.20. The Morgan fingerprint density at radius 1 is 1.09 bits per heavy atom. The molecule has 1 saturated heterocycles. The number of nitrogens with one attached hydrogen (secondary N) is 1. The molecule has 1 aliphatic carbocycles. The average Bonchev–Trinajstić information content (AvgIpc) is 2.07. The lowest BCUT2D eigenvalue weighted by Gasteiger charge is -2.56. The highest BCUT2D eigenvalue weighted by Crippen LogP contribution is 2.56. The van der Waals surface area contributed by atoms with Gasteiger partial charge in [0.25, 0.3) is 0 Å². The van der Waals surface area contributed by atoms with E-state index in [1.54, 1.807) is 0 Å². The van der Waals surface area contributed by atoms with Gasteiger partial charge >= 0.3 is 0 Å². The van der Waals surface area contributed by atoms with Gasteiger partial charge in [0, 0.05) is 0 Å². The van der Waals surface area contributed by atoms with Crippen LogP contribution in [0.5, 0.6) is 0 Å². The van der Waals surface area contributed by atoms with Crippen LogP contribution >= 0.6 is 0 Å². The van der Waals surface area contributed by atoms with Gasteiger partial charge in [0.15, 0.2) is 0 Å². The van der Waals surface area contributed by atoms with Gasteiger partial charge in [-0.3, -0.25) is 0 Å². The van der Waals surface area contributed by atoms with Crippen molar-refractivity contribution in [1.82, 2.24) is 5.32 Å². The zero-order valence-electron chi connectivity index (χ0n) is 7.69. The molecule has 1 nitrogen and oxygen atoms in total. The normalized spacial score (nSPS) is 42.0. The zero-order valence-corrected chi connectivity index (χ0v) is 7.69. The molecule has 1 N–H and O–H groups in total. The van der Waals surface area contributed by atoms with Gasteiger partial charge in [-0.25, -0.2) is 0 Å². The first-order valence-electron chi connectivity index (χ1n) is 4.96. The predicted molar refractivity (Wildman–Crippen MR) is 47.5 cm³/mol. The monoisotopic (exact) mass is 153 g/mol. The molecule has 11 heavy (non-hydrogen) atoms. The van der Waals surface area contributed by atoms with E-state index in [0.29, 0.717) is 0 Å². The van der Waals surface area contributed by atoms with E-state index < -0.39 is 0 Å². The summed E-state index contributed by atoms with van der Waals surface area (Å²) in [6, 6.07) is 0. The van der Waals surface area contributed by atoms with Crippen molar-refractivity contribution < 1.29 is 0 Å². The molecule has 2 fully saturated rings. The second-order valence-corrected chi connectivity index (χ2v) is 4.52. The summed E-state index contributed by atoms with van der Waals surface area (Å²) < 4.78 is 0. The second kappa shape index (κ2) is 2.48. The number of rotatable bonds is 0.